The molecule has 3 aromatic rings. The molecule has 0 saturated heterocycles. The first-order chi connectivity index (χ1) is 12.6. The number of hydrogen-bond donors (Lipinski definition) is 1. The molecule has 0 aliphatic rings. The van der Waals surface area contributed by atoms with E-state index in [1.165, 1.54) is 29.9 Å². The van der Waals surface area contributed by atoms with Gasteiger partial charge in [0, 0.05) is 17.3 Å². The molecule has 0 aliphatic heterocycles. The van der Waals surface area contributed by atoms with E-state index in [0.717, 1.165) is 16.0 Å². The molecule has 0 atom stereocenters. The fourth-order valence-corrected chi connectivity index (χ4v) is 3.31. The standard InChI is InChI=1S/C19H17N3O3S/c1-3-25-19(24)17-14(22-18(23)15-11-20-8-9-21-15)10-16(26-17)13-6-4-12(2)5-7-13/h4-11H,3H2,1-2H3,(H,22,23). The molecule has 0 fully saturated rings. The number of carbonyl (C=O) groups excluding carboxylic acids is 2. The Hall–Kier alpha value is -3.06. The summed E-state index contributed by atoms with van der Waals surface area (Å²) in [6.07, 6.45) is 4.29. The van der Waals surface area contributed by atoms with Crippen molar-refractivity contribution in [2.45, 2.75) is 13.8 Å². The molecule has 2 aromatic heterocycles. The average molecular weight is 367 g/mol. The van der Waals surface area contributed by atoms with Gasteiger partial charge in [0.1, 0.15) is 10.6 Å². The highest BCUT2D eigenvalue weighted by atomic mass is 32.1. The number of nitrogens with one attached hydrogen (secondary N) is 1. The normalized spacial score (nSPS) is 10.4. The van der Waals surface area contributed by atoms with Crippen molar-refractivity contribution in [3.63, 3.8) is 0 Å². The lowest BCUT2D eigenvalue weighted by Crippen LogP contribution is -2.15. The van der Waals surface area contributed by atoms with Crippen molar-refractivity contribution in [3.8, 4) is 10.4 Å². The molecular formula is C19H17N3O3S. The third kappa shape index (κ3) is 3.94. The molecule has 132 valence electrons. The van der Waals surface area contributed by atoms with E-state index < -0.39 is 11.9 Å². The molecule has 0 unspecified atom stereocenters. The van der Waals surface area contributed by atoms with Crippen LogP contribution in [0.1, 0.15) is 32.6 Å². The Morgan fingerprint density at radius 3 is 2.62 bits per heavy atom. The zero-order valence-corrected chi connectivity index (χ0v) is 15.2. The summed E-state index contributed by atoms with van der Waals surface area (Å²) in [7, 11) is 0. The van der Waals surface area contributed by atoms with E-state index in [9.17, 15) is 9.59 Å². The molecule has 1 aromatic carbocycles. The number of amides is 1. The van der Waals surface area contributed by atoms with Crippen LogP contribution in [-0.2, 0) is 4.74 Å². The maximum atomic E-state index is 12.4. The zero-order valence-electron chi connectivity index (χ0n) is 14.4. The summed E-state index contributed by atoms with van der Waals surface area (Å²) in [5.41, 5.74) is 2.68. The number of carbonyl (C=O) groups is 2. The summed E-state index contributed by atoms with van der Waals surface area (Å²) >= 11 is 1.28. The number of rotatable bonds is 5. The lowest BCUT2D eigenvalue weighted by Gasteiger charge is -2.05. The second-order valence-electron chi connectivity index (χ2n) is 5.48. The summed E-state index contributed by atoms with van der Waals surface area (Å²) in [6, 6.07) is 9.72. The van der Waals surface area contributed by atoms with E-state index in [-0.39, 0.29) is 12.3 Å². The van der Waals surface area contributed by atoms with Crippen LogP contribution in [0.25, 0.3) is 10.4 Å². The first-order valence-electron chi connectivity index (χ1n) is 8.04. The Bertz CT molecular complexity index is 921. The topological polar surface area (TPSA) is 81.2 Å². The van der Waals surface area contributed by atoms with Gasteiger partial charge in [-0.15, -0.1) is 11.3 Å². The van der Waals surface area contributed by atoms with Gasteiger partial charge in [0.2, 0.25) is 0 Å². The highest BCUT2D eigenvalue weighted by molar-refractivity contribution is 7.18. The van der Waals surface area contributed by atoms with Crippen molar-refractivity contribution in [2.24, 2.45) is 0 Å². The van der Waals surface area contributed by atoms with Crippen LogP contribution in [0, 0.1) is 6.92 Å². The SMILES string of the molecule is CCOC(=O)c1sc(-c2ccc(C)cc2)cc1NC(=O)c1cnccn1. The highest BCUT2D eigenvalue weighted by Gasteiger charge is 2.21. The van der Waals surface area contributed by atoms with E-state index in [1.807, 2.05) is 31.2 Å². The second kappa shape index (κ2) is 7.88. The molecule has 6 nitrogen and oxygen atoms in total. The largest absolute Gasteiger partial charge is 0.462 e. The molecular weight excluding hydrogens is 350 g/mol. The molecule has 1 amide bonds. The van der Waals surface area contributed by atoms with Crippen LogP contribution in [0.2, 0.25) is 0 Å². The Kier molecular flexibility index (Phi) is 5.38. The fourth-order valence-electron chi connectivity index (χ4n) is 2.29. The summed E-state index contributed by atoms with van der Waals surface area (Å²) in [5, 5.41) is 2.74. The summed E-state index contributed by atoms with van der Waals surface area (Å²) in [6.45, 7) is 4.01. The van der Waals surface area contributed by atoms with Crippen molar-refractivity contribution in [1.82, 2.24) is 9.97 Å². The van der Waals surface area contributed by atoms with Crippen molar-refractivity contribution in [3.05, 3.63) is 65.1 Å². The molecule has 26 heavy (non-hydrogen) atoms. The number of nitrogens with zero attached hydrogens (tertiary/aromatic N) is 2. The van der Waals surface area contributed by atoms with Crippen molar-refractivity contribution in [1.29, 1.82) is 0 Å². The number of anilines is 1. The summed E-state index contributed by atoms with van der Waals surface area (Å²) < 4.78 is 5.12. The van der Waals surface area contributed by atoms with Gasteiger partial charge in [-0.2, -0.15) is 0 Å². The Morgan fingerprint density at radius 1 is 1.19 bits per heavy atom. The van der Waals surface area contributed by atoms with Gasteiger partial charge in [-0.1, -0.05) is 29.8 Å². The van der Waals surface area contributed by atoms with Gasteiger partial charge < -0.3 is 10.1 Å². The van der Waals surface area contributed by atoms with Crippen LogP contribution in [0.3, 0.4) is 0 Å². The zero-order chi connectivity index (χ0) is 18.5. The first kappa shape index (κ1) is 17.8. The number of aryl methyl sites for hydroxylation is 1. The van der Waals surface area contributed by atoms with Crippen LogP contribution in [0.4, 0.5) is 5.69 Å². The van der Waals surface area contributed by atoms with Gasteiger partial charge >= 0.3 is 5.97 Å². The van der Waals surface area contributed by atoms with E-state index in [4.69, 9.17) is 4.74 Å². The van der Waals surface area contributed by atoms with Crippen LogP contribution < -0.4 is 5.32 Å². The number of esters is 1. The van der Waals surface area contributed by atoms with E-state index in [0.29, 0.717) is 10.6 Å². The van der Waals surface area contributed by atoms with Gasteiger partial charge in [-0.05, 0) is 25.5 Å². The quantitative estimate of drug-likeness (QED) is 0.691. The van der Waals surface area contributed by atoms with Crippen LogP contribution >= 0.6 is 11.3 Å². The van der Waals surface area contributed by atoms with Crippen LogP contribution in [0.5, 0.6) is 0 Å². The summed E-state index contributed by atoms with van der Waals surface area (Å²) in [4.78, 5) is 33.7. The Balaban J connectivity index is 1.95. The molecule has 0 radical (unpaired) electrons. The van der Waals surface area contributed by atoms with E-state index >= 15 is 0 Å². The Labute approximate surface area is 154 Å². The average Bonchev–Trinajstić information content (AvgIpc) is 3.07. The molecule has 3 rings (SSSR count). The van der Waals surface area contributed by atoms with Crippen LogP contribution in [0.15, 0.2) is 48.9 Å². The lowest BCUT2D eigenvalue weighted by molar-refractivity contribution is 0.0533. The van der Waals surface area contributed by atoms with Gasteiger partial charge in [0.05, 0.1) is 18.5 Å². The van der Waals surface area contributed by atoms with Gasteiger partial charge in [-0.25, -0.2) is 9.78 Å². The third-order valence-corrected chi connectivity index (χ3v) is 4.74. The molecule has 0 aliphatic carbocycles. The van der Waals surface area contributed by atoms with Gasteiger partial charge in [0.25, 0.3) is 5.91 Å². The molecule has 0 saturated carbocycles. The number of aromatic nitrogens is 2. The third-order valence-electron chi connectivity index (χ3n) is 3.57. The van der Waals surface area contributed by atoms with E-state index in [2.05, 4.69) is 15.3 Å². The fraction of sp³-hybridized carbons (Fsp3) is 0.158. The predicted octanol–water partition coefficient (Wildman–Crippen LogP) is 3.94. The van der Waals surface area contributed by atoms with Crippen molar-refractivity contribution < 1.29 is 14.3 Å². The maximum absolute atomic E-state index is 12.4. The molecule has 0 bridgehead atoms. The number of thiophene rings is 1. The number of benzene rings is 1. The van der Waals surface area contributed by atoms with Gasteiger partial charge in [0.15, 0.2) is 0 Å². The van der Waals surface area contributed by atoms with Crippen molar-refractivity contribution in [2.75, 3.05) is 11.9 Å². The molecule has 1 N–H and O–H groups in total. The van der Waals surface area contributed by atoms with Crippen molar-refractivity contribution >= 4 is 28.9 Å². The van der Waals surface area contributed by atoms with Gasteiger partial charge in [-0.3, -0.25) is 9.78 Å². The second-order valence-corrected chi connectivity index (χ2v) is 6.54. The highest BCUT2D eigenvalue weighted by Crippen LogP contribution is 2.35. The first-order valence-corrected chi connectivity index (χ1v) is 8.85. The minimum atomic E-state index is -0.467. The molecule has 0 spiro atoms. The minimum absolute atomic E-state index is 0.172. The molecule has 7 heteroatoms. The van der Waals surface area contributed by atoms with Crippen LogP contribution in [-0.4, -0.2) is 28.5 Å². The lowest BCUT2D eigenvalue weighted by atomic mass is 10.1. The maximum Gasteiger partial charge on any atom is 0.350 e. The number of ether oxygens (including phenoxy) is 1. The minimum Gasteiger partial charge on any atom is -0.462 e. The predicted molar refractivity (Wildman–Crippen MR) is 100 cm³/mol. The summed E-state index contributed by atoms with van der Waals surface area (Å²) in [5.74, 6) is -0.901. The molecule has 2 heterocycles. The Morgan fingerprint density at radius 2 is 1.96 bits per heavy atom. The smallest absolute Gasteiger partial charge is 0.350 e. The monoisotopic (exact) mass is 367 g/mol. The van der Waals surface area contributed by atoms with E-state index in [1.54, 1.807) is 13.0 Å². The number of hydrogen-bond acceptors (Lipinski definition) is 6.